The predicted octanol–water partition coefficient (Wildman–Crippen LogP) is 22.1. The highest BCUT2D eigenvalue weighted by molar-refractivity contribution is 7.22. The van der Waals surface area contributed by atoms with Crippen molar-refractivity contribution in [3.63, 3.8) is 0 Å². The molecule has 0 saturated carbocycles. The van der Waals surface area contributed by atoms with Gasteiger partial charge < -0.3 is 28.4 Å². The Bertz CT molecular complexity index is 3650. The Morgan fingerprint density at radius 1 is 0.155 bits per heavy atom. The van der Waals surface area contributed by atoms with E-state index in [0.29, 0.717) is 0 Å². The number of thiophene rings is 6. The van der Waals surface area contributed by atoms with E-state index >= 15 is 0 Å². The third-order valence-electron chi connectivity index (χ3n) is 14.9. The van der Waals surface area contributed by atoms with Gasteiger partial charge in [0, 0.05) is 91.9 Å². The lowest BCUT2D eigenvalue weighted by atomic mass is 9.82. The van der Waals surface area contributed by atoms with Crippen molar-refractivity contribution in [1.82, 2.24) is 0 Å². The molecular weight excluding hydrogens is 1150 g/mol. The highest BCUT2D eigenvalue weighted by Crippen LogP contribution is 2.62. The molecule has 0 N–H and O–H groups in total. The van der Waals surface area contributed by atoms with Gasteiger partial charge in [0.15, 0.2) is 0 Å². The Kier molecular flexibility index (Phi) is 15.7. The van der Waals surface area contributed by atoms with E-state index in [1.807, 2.05) is 141 Å². The molecule has 0 fully saturated rings. The summed E-state index contributed by atoms with van der Waals surface area (Å²) in [5.41, 5.74) is 13.8. The quantitative estimate of drug-likeness (QED) is 0.0853. The van der Waals surface area contributed by atoms with E-state index in [1.54, 1.807) is 42.7 Å². The summed E-state index contributed by atoms with van der Waals surface area (Å²) in [5, 5.41) is 0. The Morgan fingerprint density at radius 2 is 0.274 bits per heavy atom. The Balaban J connectivity index is 1.19. The average Bonchev–Trinajstić information content (AvgIpc) is 2.56. The van der Waals surface area contributed by atoms with Crippen LogP contribution in [0.4, 0.5) is 0 Å². The summed E-state index contributed by atoms with van der Waals surface area (Å²) in [4.78, 5) is 13.9. The zero-order valence-electron chi connectivity index (χ0n) is 46.7. The Labute approximate surface area is 513 Å². The van der Waals surface area contributed by atoms with Crippen LogP contribution >= 0.6 is 68.0 Å². The van der Waals surface area contributed by atoms with E-state index < -0.39 is 0 Å². The molecule has 0 aliphatic rings. The molecule has 6 aromatic heterocycles. The van der Waals surface area contributed by atoms with Crippen LogP contribution in [0.5, 0.6) is 34.5 Å². The molecule has 0 saturated heterocycles. The van der Waals surface area contributed by atoms with E-state index in [-0.39, 0.29) is 0 Å². The molecule has 13 rings (SSSR count). The molecule has 6 nitrogen and oxygen atoms in total. The first-order valence-electron chi connectivity index (χ1n) is 27.0. The topological polar surface area (TPSA) is 55.4 Å². The van der Waals surface area contributed by atoms with E-state index in [9.17, 15) is 0 Å². The van der Waals surface area contributed by atoms with Gasteiger partial charge >= 0.3 is 0 Å². The summed E-state index contributed by atoms with van der Waals surface area (Å²) < 4.78 is 33.9. The normalized spacial score (nSPS) is 11.2. The van der Waals surface area contributed by atoms with Crippen molar-refractivity contribution < 1.29 is 28.4 Å². The average molecular weight is 1210 g/mol. The monoisotopic (exact) mass is 1210 g/mol. The van der Waals surface area contributed by atoms with Crippen LogP contribution in [0.15, 0.2) is 218 Å². The highest BCUT2D eigenvalue weighted by Gasteiger charge is 2.33. The fourth-order valence-electron chi connectivity index (χ4n) is 10.5. The number of hydrogen-bond donors (Lipinski definition) is 0. The van der Waals surface area contributed by atoms with Gasteiger partial charge in [0.05, 0.1) is 42.7 Å². The molecule has 12 heteroatoms. The molecule has 0 spiro atoms. The molecule has 7 aromatic carbocycles. The lowest BCUT2D eigenvalue weighted by molar-refractivity contribution is 0.415. The van der Waals surface area contributed by atoms with Crippen LogP contribution in [0.25, 0.3) is 125 Å². The van der Waals surface area contributed by atoms with E-state index in [1.165, 1.54) is 33.4 Å². The first-order chi connectivity index (χ1) is 41.3. The summed E-state index contributed by atoms with van der Waals surface area (Å²) >= 11 is 11.0. The second-order valence-corrected chi connectivity index (χ2v) is 26.1. The summed E-state index contributed by atoms with van der Waals surface area (Å²) in [6.45, 7) is 0. The summed E-state index contributed by atoms with van der Waals surface area (Å²) in [7, 11) is 10.3. The summed E-state index contributed by atoms with van der Waals surface area (Å²) in [6.07, 6.45) is 0. The molecule has 84 heavy (non-hydrogen) atoms. The molecule has 0 aliphatic heterocycles. The van der Waals surface area contributed by atoms with Crippen LogP contribution in [0.2, 0.25) is 0 Å². The lowest BCUT2D eigenvalue weighted by Crippen LogP contribution is -1.98. The summed E-state index contributed by atoms with van der Waals surface area (Å²) in [6, 6.07) is 78.3. The van der Waals surface area contributed by atoms with E-state index in [0.717, 1.165) is 126 Å². The van der Waals surface area contributed by atoms with Gasteiger partial charge in [-0.25, -0.2) is 0 Å². The van der Waals surface area contributed by atoms with Crippen molar-refractivity contribution in [2.75, 3.05) is 42.7 Å². The molecule has 0 radical (unpaired) electrons. The molecule has 13 aromatic rings. The zero-order chi connectivity index (χ0) is 57.3. The van der Waals surface area contributed by atoms with Crippen molar-refractivity contribution in [1.29, 1.82) is 0 Å². The van der Waals surface area contributed by atoms with Crippen molar-refractivity contribution in [2.45, 2.75) is 0 Å². The van der Waals surface area contributed by atoms with Gasteiger partial charge in [-0.2, -0.15) is 0 Å². The largest absolute Gasteiger partial charge is 0.497 e. The maximum Gasteiger partial charge on any atom is 0.118 e. The predicted molar refractivity (Wildman–Crippen MR) is 358 cm³/mol. The zero-order valence-corrected chi connectivity index (χ0v) is 51.6. The minimum Gasteiger partial charge on any atom is -0.497 e. The Hall–Kier alpha value is -8.46. The van der Waals surface area contributed by atoms with E-state index in [2.05, 4.69) is 146 Å². The third kappa shape index (κ3) is 10.8. The minimum absolute atomic E-state index is 0.819. The Morgan fingerprint density at radius 3 is 0.393 bits per heavy atom. The lowest BCUT2D eigenvalue weighted by Gasteiger charge is -2.25. The number of ether oxygens (including phenoxy) is 6. The second kappa shape index (κ2) is 24.0. The van der Waals surface area contributed by atoms with Gasteiger partial charge in [0.1, 0.15) is 34.5 Å². The van der Waals surface area contributed by atoms with Gasteiger partial charge in [0.2, 0.25) is 0 Å². The van der Waals surface area contributed by atoms with Gasteiger partial charge in [0.25, 0.3) is 0 Å². The molecule has 0 unspecified atom stereocenters. The second-order valence-electron chi connectivity index (χ2n) is 19.6. The number of rotatable bonds is 18. The smallest absolute Gasteiger partial charge is 0.118 e. The molecular formula is C72H54O6S6. The van der Waals surface area contributed by atoms with Crippen molar-refractivity contribution >= 4 is 68.0 Å². The molecule has 0 amide bonds. The molecule has 0 bridgehead atoms. The number of methoxy groups -OCH3 is 6. The van der Waals surface area contributed by atoms with Crippen LogP contribution in [-0.4, -0.2) is 42.7 Å². The fraction of sp³-hybridized carbons (Fsp3) is 0.0833. The van der Waals surface area contributed by atoms with Gasteiger partial charge in [-0.3, -0.25) is 0 Å². The van der Waals surface area contributed by atoms with Crippen molar-refractivity contribution in [3.8, 4) is 160 Å². The fourth-order valence-corrected chi connectivity index (χ4v) is 16.9. The summed E-state index contributed by atoms with van der Waals surface area (Å²) in [5.74, 6) is 4.91. The standard InChI is InChI=1S/C72H54O6S6/c1-73-49-19-7-43(8-20-49)55-31-37-61(79-55)67-68(62-38-32-56(80-62)44-9-21-50(74-2)22-10-44)70(64-40-34-58(82-64)46-13-25-52(76-4)26-14-46)72(66-42-36-60(84-66)48-17-29-54(78-6)30-18-48)71(65-41-35-59(83-65)47-15-27-53(77-5)28-16-47)69(67)63-39-33-57(81-63)45-11-23-51(75-3)24-12-45/h7-42H,1-6H3. The number of hydrogen-bond acceptors (Lipinski definition) is 12. The van der Waals surface area contributed by atoms with Crippen LogP contribution < -0.4 is 28.4 Å². The maximum absolute atomic E-state index is 5.65. The van der Waals surface area contributed by atoms with Crippen LogP contribution in [0, 0.1) is 0 Å². The van der Waals surface area contributed by atoms with Gasteiger partial charge in [-0.15, -0.1) is 68.0 Å². The first kappa shape index (κ1) is 54.8. The SMILES string of the molecule is COc1ccc(-c2ccc(-c3c(-c4ccc(-c5ccc(OC)cc5)s4)c(-c4ccc(-c5ccc(OC)cc5)s4)c(-c4ccc(-c5ccc(OC)cc5)s4)c(-c4ccc(-c5ccc(OC)cc5)s4)c3-c3ccc(-c4ccc(OC)cc4)s3)s2)cc1. The van der Waals surface area contributed by atoms with Gasteiger partial charge in [-0.1, -0.05) is 0 Å². The molecule has 0 atom stereocenters. The van der Waals surface area contributed by atoms with Crippen LogP contribution in [0.1, 0.15) is 0 Å². The van der Waals surface area contributed by atoms with Crippen LogP contribution in [-0.2, 0) is 0 Å². The molecule has 414 valence electrons. The van der Waals surface area contributed by atoms with E-state index in [4.69, 9.17) is 28.4 Å². The van der Waals surface area contributed by atoms with Crippen LogP contribution in [0.3, 0.4) is 0 Å². The van der Waals surface area contributed by atoms with Gasteiger partial charge in [-0.05, 0) is 252 Å². The maximum atomic E-state index is 5.65. The van der Waals surface area contributed by atoms with Crippen molar-refractivity contribution in [3.05, 3.63) is 218 Å². The van der Waals surface area contributed by atoms with Crippen molar-refractivity contribution in [2.24, 2.45) is 0 Å². The third-order valence-corrected chi connectivity index (χ3v) is 21.8. The minimum atomic E-state index is 0.819. The highest BCUT2D eigenvalue weighted by atomic mass is 32.1. The molecule has 0 aliphatic carbocycles. The first-order valence-corrected chi connectivity index (χ1v) is 31.9. The molecule has 6 heterocycles. The number of benzene rings is 7.